The van der Waals surface area contributed by atoms with E-state index >= 15 is 0 Å². The molecule has 1 aliphatic carbocycles. The first-order valence-electron chi connectivity index (χ1n) is 9.11. The lowest BCUT2D eigenvalue weighted by Crippen LogP contribution is -2.47. The molecule has 128 valence electrons. The molecule has 0 spiro atoms. The Bertz CT molecular complexity index is 1070. The largest absolute Gasteiger partial charge is 0.362 e. The minimum atomic E-state index is 0.244. The van der Waals surface area contributed by atoms with Crippen molar-refractivity contribution in [3.8, 4) is 0 Å². The Kier molecular flexibility index (Phi) is 3.08. The highest BCUT2D eigenvalue weighted by Crippen LogP contribution is 2.50. The van der Waals surface area contributed by atoms with Crippen LogP contribution in [0.1, 0.15) is 18.0 Å². The number of hydrogen-bond donors (Lipinski definition) is 0. The van der Waals surface area contributed by atoms with Crippen molar-refractivity contribution in [3.05, 3.63) is 72.3 Å². The Morgan fingerprint density at radius 2 is 1.92 bits per heavy atom. The summed E-state index contributed by atoms with van der Waals surface area (Å²) in [5, 5.41) is 9.40. The van der Waals surface area contributed by atoms with Crippen LogP contribution < -0.4 is 4.90 Å². The van der Waals surface area contributed by atoms with Gasteiger partial charge in [-0.1, -0.05) is 53.8 Å². The average Bonchev–Trinajstić information content (AvgIpc) is 3.12. The molecule has 5 heteroatoms. The molecule has 3 atom stereocenters. The highest BCUT2D eigenvalue weighted by atomic mass is 32.2. The maximum atomic E-state index is 4.51. The lowest BCUT2D eigenvalue weighted by atomic mass is 9.93. The van der Waals surface area contributed by atoms with Gasteiger partial charge >= 0.3 is 0 Å². The third-order valence-corrected chi connectivity index (χ3v) is 6.96. The van der Waals surface area contributed by atoms with Crippen molar-refractivity contribution in [2.24, 2.45) is 0 Å². The van der Waals surface area contributed by atoms with E-state index in [0.29, 0.717) is 11.3 Å². The average molecular weight is 358 g/mol. The number of allylic oxidation sites excluding steroid dienone is 2. The quantitative estimate of drug-likeness (QED) is 0.653. The summed E-state index contributed by atoms with van der Waals surface area (Å²) in [6.45, 7) is 1.04. The van der Waals surface area contributed by atoms with Crippen molar-refractivity contribution in [2.45, 2.75) is 28.6 Å². The summed E-state index contributed by atoms with van der Waals surface area (Å²) in [5.74, 6) is 0. The fourth-order valence-electron chi connectivity index (χ4n) is 4.52. The molecule has 0 amide bonds. The number of benzene rings is 2. The molecule has 1 aromatic heterocycles. The molecule has 0 fully saturated rings. The molecule has 0 saturated carbocycles. The van der Waals surface area contributed by atoms with Crippen LogP contribution in [0.2, 0.25) is 0 Å². The second-order valence-corrected chi connectivity index (χ2v) is 8.28. The van der Waals surface area contributed by atoms with Crippen LogP contribution in [0.3, 0.4) is 0 Å². The highest BCUT2D eigenvalue weighted by Gasteiger charge is 2.39. The number of aromatic nitrogens is 3. The third kappa shape index (κ3) is 1.98. The van der Waals surface area contributed by atoms with Crippen LogP contribution in [-0.2, 0) is 0 Å². The molecule has 0 radical (unpaired) electrons. The van der Waals surface area contributed by atoms with Gasteiger partial charge in [0.25, 0.3) is 0 Å². The summed E-state index contributed by atoms with van der Waals surface area (Å²) >= 11 is 1.99. The minimum Gasteiger partial charge on any atom is -0.362 e. The van der Waals surface area contributed by atoms with Gasteiger partial charge in [0.15, 0.2) is 0 Å². The number of thioether (sulfide) groups is 1. The number of para-hydroxylation sites is 2. The van der Waals surface area contributed by atoms with Crippen molar-refractivity contribution < 1.29 is 0 Å². The molecular weight excluding hydrogens is 340 g/mol. The summed E-state index contributed by atoms with van der Waals surface area (Å²) in [6.07, 6.45) is 10.1. The van der Waals surface area contributed by atoms with Gasteiger partial charge in [-0.2, -0.15) is 0 Å². The topological polar surface area (TPSA) is 34.0 Å². The van der Waals surface area contributed by atoms with E-state index in [1.54, 1.807) is 0 Å². The van der Waals surface area contributed by atoms with Gasteiger partial charge in [0.05, 0.1) is 28.5 Å². The van der Waals surface area contributed by atoms with Crippen molar-refractivity contribution in [1.29, 1.82) is 0 Å². The molecule has 4 nitrogen and oxygen atoms in total. The predicted octanol–water partition coefficient (Wildman–Crippen LogP) is 4.20. The van der Waals surface area contributed by atoms with Crippen LogP contribution in [0.5, 0.6) is 0 Å². The van der Waals surface area contributed by atoms with Crippen molar-refractivity contribution in [1.82, 2.24) is 15.0 Å². The van der Waals surface area contributed by atoms with E-state index in [4.69, 9.17) is 0 Å². The number of rotatable bonds is 1. The lowest BCUT2D eigenvalue weighted by Gasteiger charge is -2.46. The van der Waals surface area contributed by atoms with E-state index < -0.39 is 0 Å². The molecule has 3 unspecified atom stereocenters. The molecule has 2 aromatic carbocycles. The van der Waals surface area contributed by atoms with E-state index in [0.717, 1.165) is 24.0 Å². The van der Waals surface area contributed by atoms with Crippen molar-refractivity contribution in [2.75, 3.05) is 11.4 Å². The van der Waals surface area contributed by atoms with Gasteiger partial charge in [-0.05, 0) is 24.6 Å². The Morgan fingerprint density at radius 3 is 2.92 bits per heavy atom. The van der Waals surface area contributed by atoms with Gasteiger partial charge < -0.3 is 4.90 Å². The van der Waals surface area contributed by atoms with E-state index in [1.807, 2.05) is 23.9 Å². The van der Waals surface area contributed by atoms with Gasteiger partial charge in [-0.3, -0.25) is 0 Å². The smallest absolute Gasteiger partial charge is 0.113 e. The molecule has 3 aromatic rings. The number of hydrogen-bond acceptors (Lipinski definition) is 4. The Hall–Kier alpha value is -2.53. The number of fused-ring (bicyclic) bond motifs is 3. The number of anilines is 1. The molecule has 2 aliphatic heterocycles. The van der Waals surface area contributed by atoms with Crippen molar-refractivity contribution in [3.63, 3.8) is 0 Å². The molecule has 6 rings (SSSR count). The van der Waals surface area contributed by atoms with E-state index in [9.17, 15) is 0 Å². The maximum Gasteiger partial charge on any atom is 0.113 e. The van der Waals surface area contributed by atoms with Crippen LogP contribution >= 0.6 is 11.8 Å². The van der Waals surface area contributed by atoms with E-state index in [2.05, 4.69) is 74.5 Å². The van der Waals surface area contributed by atoms with Crippen LogP contribution in [0.4, 0.5) is 5.69 Å². The van der Waals surface area contributed by atoms with E-state index in [-0.39, 0.29) is 6.04 Å². The molecule has 3 aliphatic rings. The summed E-state index contributed by atoms with van der Waals surface area (Å²) in [7, 11) is 0. The standard InChI is InChI=1S/C21H18N4S/c1-2-8-17-15(7-1)22-23-25(17)16-12-13-24-18-9-3-4-10-19(18)26-20-11-5-6-14(16)21(20)24/h1-11,16,18-19H,12-13H2. The SMILES string of the molecule is C1=CC2Sc3cccc4c3N(CCC4n3nnc4ccccc43)C2C=C1. The van der Waals surface area contributed by atoms with Crippen molar-refractivity contribution >= 4 is 28.5 Å². The summed E-state index contributed by atoms with van der Waals surface area (Å²) in [5.41, 5.74) is 4.85. The molecule has 0 bridgehead atoms. The lowest BCUT2D eigenvalue weighted by molar-refractivity contribution is 0.456. The first kappa shape index (κ1) is 14.6. The van der Waals surface area contributed by atoms with Gasteiger partial charge in [0.1, 0.15) is 5.52 Å². The number of nitrogens with zero attached hydrogens (tertiary/aromatic N) is 4. The molecule has 0 saturated heterocycles. The van der Waals surface area contributed by atoms with E-state index in [1.165, 1.54) is 16.1 Å². The summed E-state index contributed by atoms with van der Waals surface area (Å²) in [4.78, 5) is 3.99. The molecular formula is C21H18N4S. The second-order valence-electron chi connectivity index (χ2n) is 7.06. The van der Waals surface area contributed by atoms with Crippen LogP contribution in [-0.4, -0.2) is 32.8 Å². The fourth-order valence-corrected chi connectivity index (χ4v) is 5.86. The normalized spacial score (nSPS) is 26.0. The zero-order valence-electron chi connectivity index (χ0n) is 14.2. The molecule has 0 N–H and O–H groups in total. The van der Waals surface area contributed by atoms with Gasteiger partial charge in [-0.25, -0.2) is 4.68 Å². The Morgan fingerprint density at radius 1 is 1.00 bits per heavy atom. The Balaban J connectivity index is 1.52. The summed E-state index contributed by atoms with van der Waals surface area (Å²) < 4.78 is 2.12. The molecule has 26 heavy (non-hydrogen) atoms. The monoisotopic (exact) mass is 358 g/mol. The minimum absolute atomic E-state index is 0.244. The van der Waals surface area contributed by atoms with Gasteiger partial charge in [0.2, 0.25) is 0 Å². The second kappa shape index (κ2) is 5.48. The first-order valence-corrected chi connectivity index (χ1v) is 9.99. The Labute approximate surface area is 156 Å². The van der Waals surface area contributed by atoms with Crippen LogP contribution in [0.25, 0.3) is 11.0 Å². The third-order valence-electron chi connectivity index (χ3n) is 5.67. The highest BCUT2D eigenvalue weighted by molar-refractivity contribution is 8.00. The summed E-state index contributed by atoms with van der Waals surface area (Å²) in [6, 6.07) is 15.7. The fraction of sp³-hybridized carbons (Fsp3) is 0.238. The first-order chi connectivity index (χ1) is 12.9. The zero-order chi connectivity index (χ0) is 17.1. The van der Waals surface area contributed by atoms with Gasteiger partial charge in [0, 0.05) is 17.0 Å². The molecule has 3 heterocycles. The van der Waals surface area contributed by atoms with Crippen LogP contribution in [0, 0.1) is 0 Å². The van der Waals surface area contributed by atoms with Gasteiger partial charge in [-0.15, -0.1) is 16.9 Å². The predicted molar refractivity (Wildman–Crippen MR) is 106 cm³/mol. The maximum absolute atomic E-state index is 4.51. The zero-order valence-corrected chi connectivity index (χ0v) is 15.0. The van der Waals surface area contributed by atoms with Crippen LogP contribution in [0.15, 0.2) is 71.7 Å².